The fraction of sp³-hybridized carbons (Fsp3) is 0.458. The molecule has 0 bridgehead atoms. The molecule has 0 aromatic carbocycles. The van der Waals surface area contributed by atoms with Gasteiger partial charge in [0.15, 0.2) is 5.78 Å². The molecule has 8 nitrogen and oxygen atoms in total. The van der Waals surface area contributed by atoms with E-state index in [0.29, 0.717) is 5.56 Å². The van der Waals surface area contributed by atoms with E-state index in [4.69, 9.17) is 10.5 Å². The molecule has 194 valence electrons. The summed E-state index contributed by atoms with van der Waals surface area (Å²) in [5.74, 6) is -1.23. The molecule has 2 N–H and O–H groups in total. The lowest BCUT2D eigenvalue weighted by atomic mass is 9.97. The van der Waals surface area contributed by atoms with E-state index in [1.165, 1.54) is 18.3 Å². The number of pyridine rings is 2. The zero-order valence-corrected chi connectivity index (χ0v) is 19.9. The number of carbonyl (C=O) groups excluding carboxylic acids is 3. The minimum absolute atomic E-state index is 0.0102. The molecule has 1 saturated heterocycles. The van der Waals surface area contributed by atoms with Crippen LogP contribution in [0, 0.1) is 0 Å². The van der Waals surface area contributed by atoms with Crippen LogP contribution in [0.3, 0.4) is 0 Å². The number of ether oxygens (including phenoxy) is 1. The molecule has 0 radical (unpaired) electrons. The molecule has 1 aliphatic heterocycles. The Morgan fingerprint density at radius 1 is 1.14 bits per heavy atom. The number of primary amides is 1. The Balaban J connectivity index is 1.79. The number of aryl methyl sites for hydroxylation is 1. The molecule has 1 aliphatic rings. The first-order valence-electron chi connectivity index (χ1n) is 11.1. The second-order valence-corrected chi connectivity index (χ2v) is 9.47. The molecule has 2 atom stereocenters. The third-order valence-corrected chi connectivity index (χ3v) is 5.50. The summed E-state index contributed by atoms with van der Waals surface area (Å²) >= 11 is 0. The van der Waals surface area contributed by atoms with Crippen LogP contribution in [-0.2, 0) is 22.1 Å². The van der Waals surface area contributed by atoms with Crippen molar-refractivity contribution in [3.63, 3.8) is 0 Å². The number of hydrogen-bond acceptors (Lipinski definition) is 6. The van der Waals surface area contributed by atoms with Crippen molar-refractivity contribution < 1.29 is 36.7 Å². The van der Waals surface area contributed by atoms with Crippen LogP contribution < -0.4 is 5.73 Å². The van der Waals surface area contributed by atoms with Crippen LogP contribution in [0.25, 0.3) is 11.3 Å². The minimum Gasteiger partial charge on any atom is -0.444 e. The first-order chi connectivity index (χ1) is 16.7. The molecule has 0 spiro atoms. The number of carbonyl (C=O) groups is 3. The summed E-state index contributed by atoms with van der Waals surface area (Å²) in [4.78, 5) is 45.8. The van der Waals surface area contributed by atoms with Crippen LogP contribution in [0.2, 0.25) is 0 Å². The predicted octanol–water partition coefficient (Wildman–Crippen LogP) is 4.11. The Morgan fingerprint density at radius 3 is 2.39 bits per heavy atom. The minimum atomic E-state index is -4.60. The lowest BCUT2D eigenvalue weighted by Gasteiger charge is -2.27. The summed E-state index contributed by atoms with van der Waals surface area (Å²) in [5, 5.41) is 0. The number of aromatic nitrogens is 2. The summed E-state index contributed by atoms with van der Waals surface area (Å²) < 4.78 is 57.8. The zero-order chi connectivity index (χ0) is 26.8. The van der Waals surface area contributed by atoms with Gasteiger partial charge in [0.2, 0.25) is 0 Å². The van der Waals surface area contributed by atoms with Gasteiger partial charge in [-0.25, -0.2) is 9.18 Å². The third kappa shape index (κ3) is 6.55. The van der Waals surface area contributed by atoms with E-state index < -0.39 is 47.5 Å². The summed E-state index contributed by atoms with van der Waals surface area (Å²) in [6.07, 6.45) is -4.90. The lowest BCUT2D eigenvalue weighted by Crippen LogP contribution is -2.43. The molecule has 0 unspecified atom stereocenters. The topological polar surface area (TPSA) is 115 Å². The van der Waals surface area contributed by atoms with Crippen molar-refractivity contribution in [2.24, 2.45) is 5.73 Å². The highest BCUT2D eigenvalue weighted by Gasteiger charge is 2.41. The van der Waals surface area contributed by atoms with Gasteiger partial charge in [0, 0.05) is 30.8 Å². The maximum atomic E-state index is 14.1. The van der Waals surface area contributed by atoms with Crippen molar-refractivity contribution in [3.05, 3.63) is 47.4 Å². The maximum Gasteiger partial charge on any atom is 0.433 e. The van der Waals surface area contributed by atoms with Gasteiger partial charge in [0.05, 0.1) is 23.8 Å². The molecule has 1 fully saturated rings. The molecule has 2 aromatic rings. The van der Waals surface area contributed by atoms with Gasteiger partial charge in [-0.15, -0.1) is 0 Å². The zero-order valence-electron chi connectivity index (χ0n) is 19.9. The molecule has 3 rings (SSSR count). The number of rotatable bonds is 6. The molecule has 2 amide bonds. The summed E-state index contributed by atoms with van der Waals surface area (Å²) in [6, 6.07) is 2.42. The van der Waals surface area contributed by atoms with Gasteiger partial charge in [-0.2, -0.15) is 13.2 Å². The van der Waals surface area contributed by atoms with Gasteiger partial charge >= 0.3 is 12.3 Å². The quantitative estimate of drug-likeness (QED) is 0.585. The van der Waals surface area contributed by atoms with E-state index in [2.05, 4.69) is 9.97 Å². The molecule has 12 heteroatoms. The van der Waals surface area contributed by atoms with Crippen molar-refractivity contribution in [2.75, 3.05) is 6.54 Å². The summed E-state index contributed by atoms with van der Waals surface area (Å²) in [7, 11) is 0. The Labute approximate surface area is 204 Å². The molecular weight excluding hydrogens is 484 g/mol. The van der Waals surface area contributed by atoms with Gasteiger partial charge in [-0.1, -0.05) is 0 Å². The summed E-state index contributed by atoms with van der Waals surface area (Å²) in [6.45, 7) is 4.70. The number of likely N-dealkylation sites (tertiary alicyclic amines) is 1. The monoisotopic (exact) mass is 510 g/mol. The number of hydrogen-bond donors (Lipinski definition) is 1. The Morgan fingerprint density at radius 2 is 1.83 bits per heavy atom. The lowest BCUT2D eigenvalue weighted by molar-refractivity contribution is -0.141. The third-order valence-electron chi connectivity index (χ3n) is 5.50. The number of amides is 2. The largest absolute Gasteiger partial charge is 0.444 e. The van der Waals surface area contributed by atoms with Crippen molar-refractivity contribution in [2.45, 2.75) is 64.0 Å². The molecule has 2 aromatic heterocycles. The van der Waals surface area contributed by atoms with Crippen molar-refractivity contribution in [1.29, 1.82) is 0 Å². The first kappa shape index (κ1) is 27.0. The van der Waals surface area contributed by atoms with Crippen LogP contribution in [0.4, 0.5) is 22.4 Å². The second kappa shape index (κ2) is 10.2. The molecule has 0 aliphatic carbocycles. The average molecular weight is 510 g/mol. The Kier molecular flexibility index (Phi) is 7.65. The van der Waals surface area contributed by atoms with Gasteiger partial charge in [-0.05, 0) is 51.0 Å². The van der Waals surface area contributed by atoms with E-state index in [-0.39, 0.29) is 42.6 Å². The molecular formula is C24H26F4N4O4. The fourth-order valence-corrected chi connectivity index (χ4v) is 3.83. The van der Waals surface area contributed by atoms with Crippen LogP contribution in [0.5, 0.6) is 0 Å². The average Bonchev–Trinajstić information content (AvgIpc) is 3.17. The highest BCUT2D eigenvalue weighted by atomic mass is 19.4. The van der Waals surface area contributed by atoms with Crippen LogP contribution in [-0.4, -0.2) is 57.0 Å². The number of alkyl halides is 4. The summed E-state index contributed by atoms with van der Waals surface area (Å²) in [5.41, 5.74) is 4.38. The van der Waals surface area contributed by atoms with Crippen molar-refractivity contribution in [1.82, 2.24) is 14.9 Å². The molecule has 0 saturated carbocycles. The normalized spacial score (nSPS) is 18.2. The van der Waals surface area contributed by atoms with E-state index in [0.717, 1.165) is 17.2 Å². The van der Waals surface area contributed by atoms with Crippen molar-refractivity contribution >= 4 is 17.8 Å². The van der Waals surface area contributed by atoms with E-state index >= 15 is 0 Å². The van der Waals surface area contributed by atoms with E-state index in [9.17, 15) is 31.9 Å². The second-order valence-electron chi connectivity index (χ2n) is 9.47. The Bertz CT molecular complexity index is 1150. The van der Waals surface area contributed by atoms with Crippen LogP contribution >= 0.6 is 0 Å². The maximum absolute atomic E-state index is 14.1. The van der Waals surface area contributed by atoms with Crippen LogP contribution in [0.15, 0.2) is 30.6 Å². The standard InChI is InChI=1S/C24H26F4N4O4/c1-23(2,3)36-22(35)32-12-15(25)9-18(32)19(33)6-4-13-8-17(30-11-16(13)21(29)34)14-5-7-20(31-10-14)24(26,27)28/h5,7-8,10-11,15,18H,4,6,9,12H2,1-3H3,(H2,29,34)/t15-,18+/m1/s1. The SMILES string of the molecule is CC(C)(C)OC(=O)N1C[C@H](F)C[C@H]1C(=O)CCc1cc(-c2ccc(C(F)(F)F)nc2)ncc1C(N)=O. The number of Topliss-reactive ketones (excluding diaryl/α,β-unsaturated/α-hetero) is 1. The van der Waals surface area contributed by atoms with Crippen molar-refractivity contribution in [3.8, 4) is 11.3 Å². The Hall–Kier alpha value is -3.57. The van der Waals surface area contributed by atoms with E-state index in [1.807, 2.05) is 0 Å². The number of halogens is 4. The van der Waals surface area contributed by atoms with Gasteiger partial charge in [0.1, 0.15) is 17.5 Å². The molecule has 3 heterocycles. The highest BCUT2D eigenvalue weighted by Crippen LogP contribution is 2.29. The number of nitrogens with zero attached hydrogens (tertiary/aromatic N) is 3. The van der Waals surface area contributed by atoms with Gasteiger partial charge < -0.3 is 10.5 Å². The predicted molar refractivity (Wildman–Crippen MR) is 121 cm³/mol. The highest BCUT2D eigenvalue weighted by molar-refractivity contribution is 5.95. The smallest absolute Gasteiger partial charge is 0.433 e. The fourth-order valence-electron chi connectivity index (χ4n) is 3.83. The van der Waals surface area contributed by atoms with E-state index in [1.54, 1.807) is 20.8 Å². The first-order valence-corrected chi connectivity index (χ1v) is 11.1. The number of ketones is 1. The number of nitrogens with two attached hydrogens (primary N) is 1. The van der Waals surface area contributed by atoms with Gasteiger partial charge in [-0.3, -0.25) is 24.5 Å². The molecule has 36 heavy (non-hydrogen) atoms. The van der Waals surface area contributed by atoms with Crippen LogP contribution in [0.1, 0.15) is 55.2 Å². The van der Waals surface area contributed by atoms with Gasteiger partial charge in [0.25, 0.3) is 5.91 Å².